The molecule has 12 nitrogen and oxygen atoms in total. The van der Waals surface area contributed by atoms with Gasteiger partial charge in [-0.2, -0.15) is 0 Å². The molecule has 0 saturated heterocycles. The van der Waals surface area contributed by atoms with Gasteiger partial charge in [0.25, 0.3) is 11.8 Å². The molecule has 42 heavy (non-hydrogen) atoms. The van der Waals surface area contributed by atoms with Crippen LogP contribution in [0.1, 0.15) is 66.4 Å². The predicted octanol–water partition coefficient (Wildman–Crippen LogP) is 2.16. The lowest BCUT2D eigenvalue weighted by molar-refractivity contribution is -0.159. The van der Waals surface area contributed by atoms with Crippen molar-refractivity contribution in [1.29, 1.82) is 0 Å². The van der Waals surface area contributed by atoms with Crippen LogP contribution in [0.3, 0.4) is 0 Å². The SMILES string of the molecule is CC(C)(C)OC(=O)NCC(=O)N[C@@H](Cc1ccccc1)C(=O)N[C@@H](CCCCN1C(=O)C=CC1=O)C(=O)OC(C)(C)C. The molecule has 1 heterocycles. The topological polar surface area (TPSA) is 160 Å². The maximum Gasteiger partial charge on any atom is 0.408 e. The van der Waals surface area contributed by atoms with Gasteiger partial charge in [0.1, 0.15) is 29.8 Å². The third-order valence-electron chi connectivity index (χ3n) is 5.76. The number of imide groups is 1. The molecule has 2 atom stereocenters. The summed E-state index contributed by atoms with van der Waals surface area (Å²) in [5, 5.41) is 7.70. The molecule has 1 aromatic carbocycles. The molecule has 1 aliphatic heterocycles. The van der Waals surface area contributed by atoms with E-state index in [9.17, 15) is 28.8 Å². The quantitative estimate of drug-likeness (QED) is 0.180. The molecule has 5 amide bonds. The fraction of sp³-hybridized carbons (Fsp3) is 0.533. The standard InChI is InChI=1S/C30H42N4O8/c1-29(2,3)41-27(39)21(14-10-11-17-34-24(36)15-16-25(34)37)33-26(38)22(18-20-12-8-7-9-13-20)32-23(35)19-31-28(40)42-30(4,5)6/h7-9,12-13,15-16,21-22H,10-11,14,17-19H2,1-6H3,(H,31,40)(H,32,35)(H,33,38)/t21-,22-/m0/s1. The summed E-state index contributed by atoms with van der Waals surface area (Å²) >= 11 is 0. The Hall–Kier alpha value is -4.22. The molecule has 0 aliphatic carbocycles. The van der Waals surface area contributed by atoms with Gasteiger partial charge < -0.3 is 25.4 Å². The molecule has 0 radical (unpaired) electrons. The first-order chi connectivity index (χ1) is 19.5. The smallest absolute Gasteiger partial charge is 0.408 e. The van der Waals surface area contributed by atoms with Gasteiger partial charge in [-0.15, -0.1) is 0 Å². The summed E-state index contributed by atoms with van der Waals surface area (Å²) in [5.74, 6) is -2.67. The number of carbonyl (C=O) groups excluding carboxylic acids is 6. The van der Waals surface area contributed by atoms with E-state index in [1.807, 2.05) is 6.07 Å². The summed E-state index contributed by atoms with van der Waals surface area (Å²) in [6.45, 7) is 9.94. The lowest BCUT2D eigenvalue weighted by Gasteiger charge is -2.26. The molecular formula is C30H42N4O8. The zero-order valence-corrected chi connectivity index (χ0v) is 25.2. The average molecular weight is 587 g/mol. The van der Waals surface area contributed by atoms with Crippen LogP contribution in [-0.2, 0) is 39.9 Å². The van der Waals surface area contributed by atoms with E-state index >= 15 is 0 Å². The van der Waals surface area contributed by atoms with Crippen LogP contribution in [0.2, 0.25) is 0 Å². The Morgan fingerprint density at radius 3 is 1.98 bits per heavy atom. The Balaban J connectivity index is 2.10. The molecule has 12 heteroatoms. The number of hydrogen-bond donors (Lipinski definition) is 3. The van der Waals surface area contributed by atoms with Gasteiger partial charge in [0.2, 0.25) is 11.8 Å². The maximum absolute atomic E-state index is 13.5. The van der Waals surface area contributed by atoms with Crippen LogP contribution in [0, 0.1) is 0 Å². The Morgan fingerprint density at radius 2 is 1.40 bits per heavy atom. The van der Waals surface area contributed by atoms with E-state index in [-0.39, 0.29) is 19.4 Å². The van der Waals surface area contributed by atoms with Gasteiger partial charge in [-0.3, -0.25) is 24.1 Å². The maximum atomic E-state index is 13.5. The summed E-state index contributed by atoms with van der Waals surface area (Å²) in [4.78, 5) is 75.9. The molecular weight excluding hydrogens is 544 g/mol. The van der Waals surface area contributed by atoms with Crippen molar-refractivity contribution in [3.05, 3.63) is 48.0 Å². The van der Waals surface area contributed by atoms with Crippen molar-refractivity contribution in [2.24, 2.45) is 0 Å². The molecule has 0 saturated carbocycles. The van der Waals surface area contributed by atoms with Crippen molar-refractivity contribution in [3.8, 4) is 0 Å². The monoisotopic (exact) mass is 586 g/mol. The largest absolute Gasteiger partial charge is 0.458 e. The van der Waals surface area contributed by atoms with Gasteiger partial charge in [0.15, 0.2) is 0 Å². The van der Waals surface area contributed by atoms with Crippen molar-refractivity contribution in [3.63, 3.8) is 0 Å². The minimum Gasteiger partial charge on any atom is -0.458 e. The predicted molar refractivity (Wildman–Crippen MR) is 154 cm³/mol. The number of benzene rings is 1. The van der Waals surface area contributed by atoms with E-state index in [4.69, 9.17) is 9.47 Å². The Labute approximate surface area is 246 Å². The van der Waals surface area contributed by atoms with Crippen LogP contribution >= 0.6 is 0 Å². The minimum absolute atomic E-state index is 0.123. The normalized spacial score (nSPS) is 14.7. The summed E-state index contributed by atoms with van der Waals surface area (Å²) < 4.78 is 10.7. The molecule has 1 aliphatic rings. The lowest BCUT2D eigenvalue weighted by atomic mass is 10.0. The van der Waals surface area contributed by atoms with E-state index in [0.717, 1.165) is 10.5 Å². The second-order valence-electron chi connectivity index (χ2n) is 11.9. The summed E-state index contributed by atoms with van der Waals surface area (Å²) in [6.07, 6.45) is 2.74. The molecule has 0 unspecified atom stereocenters. The number of nitrogens with one attached hydrogen (secondary N) is 3. The molecule has 1 aromatic rings. The number of nitrogens with zero attached hydrogens (tertiary/aromatic N) is 1. The number of esters is 1. The van der Waals surface area contributed by atoms with Gasteiger partial charge in [-0.1, -0.05) is 30.3 Å². The van der Waals surface area contributed by atoms with Crippen molar-refractivity contribution < 1.29 is 38.2 Å². The van der Waals surface area contributed by atoms with Crippen LogP contribution in [0.5, 0.6) is 0 Å². The summed E-state index contributed by atoms with van der Waals surface area (Å²) in [7, 11) is 0. The fourth-order valence-corrected chi connectivity index (χ4v) is 3.94. The minimum atomic E-state index is -1.07. The van der Waals surface area contributed by atoms with Gasteiger partial charge >= 0.3 is 12.1 Å². The van der Waals surface area contributed by atoms with Crippen molar-refractivity contribution >= 4 is 35.7 Å². The zero-order valence-electron chi connectivity index (χ0n) is 25.2. The molecule has 0 spiro atoms. The average Bonchev–Trinajstić information content (AvgIpc) is 3.19. The van der Waals surface area contributed by atoms with E-state index in [2.05, 4.69) is 16.0 Å². The highest BCUT2D eigenvalue weighted by molar-refractivity contribution is 6.12. The molecule has 0 aromatic heterocycles. The molecule has 3 N–H and O–H groups in total. The zero-order chi connectivity index (χ0) is 31.5. The summed E-state index contributed by atoms with van der Waals surface area (Å²) in [5.41, 5.74) is -0.797. The highest BCUT2D eigenvalue weighted by Crippen LogP contribution is 2.14. The van der Waals surface area contributed by atoms with Gasteiger partial charge in [0, 0.05) is 25.1 Å². The third-order valence-corrected chi connectivity index (χ3v) is 5.76. The van der Waals surface area contributed by atoms with E-state index in [0.29, 0.717) is 12.8 Å². The van der Waals surface area contributed by atoms with Gasteiger partial charge in [0.05, 0.1) is 0 Å². The Morgan fingerprint density at radius 1 is 0.810 bits per heavy atom. The first-order valence-corrected chi connectivity index (χ1v) is 13.9. The van der Waals surface area contributed by atoms with E-state index < -0.39 is 65.5 Å². The molecule has 0 fully saturated rings. The van der Waals surface area contributed by atoms with Crippen molar-refractivity contribution in [2.75, 3.05) is 13.1 Å². The second-order valence-corrected chi connectivity index (χ2v) is 11.9. The number of rotatable bonds is 13. The summed E-state index contributed by atoms with van der Waals surface area (Å²) in [6, 6.07) is 6.89. The van der Waals surface area contributed by atoms with Gasteiger partial charge in [-0.05, 0) is 66.4 Å². The fourth-order valence-electron chi connectivity index (χ4n) is 3.94. The first-order valence-electron chi connectivity index (χ1n) is 13.9. The van der Waals surface area contributed by atoms with Gasteiger partial charge in [-0.25, -0.2) is 9.59 Å². The number of alkyl carbamates (subject to hydrolysis) is 1. The molecule has 230 valence electrons. The van der Waals surface area contributed by atoms with Crippen LogP contribution in [0.25, 0.3) is 0 Å². The number of carbonyl (C=O) groups is 6. The highest BCUT2D eigenvalue weighted by Gasteiger charge is 2.30. The number of hydrogen-bond acceptors (Lipinski definition) is 8. The number of ether oxygens (including phenoxy) is 2. The van der Waals surface area contributed by atoms with Crippen LogP contribution < -0.4 is 16.0 Å². The first kappa shape index (κ1) is 34.0. The van der Waals surface area contributed by atoms with Crippen LogP contribution in [-0.4, -0.2) is 77.0 Å². The van der Waals surface area contributed by atoms with E-state index in [1.54, 1.807) is 65.8 Å². The second kappa shape index (κ2) is 15.1. The Kier molecular flexibility index (Phi) is 12.2. The Bertz CT molecular complexity index is 1150. The molecule has 0 bridgehead atoms. The third kappa shape index (κ3) is 12.5. The number of unbranched alkanes of at least 4 members (excludes halogenated alkanes) is 1. The van der Waals surface area contributed by atoms with E-state index in [1.165, 1.54) is 12.2 Å². The van der Waals surface area contributed by atoms with Crippen molar-refractivity contribution in [1.82, 2.24) is 20.9 Å². The van der Waals surface area contributed by atoms with Crippen LogP contribution in [0.4, 0.5) is 4.79 Å². The lowest BCUT2D eigenvalue weighted by Crippen LogP contribution is -2.54. The number of amides is 5. The van der Waals surface area contributed by atoms with Crippen molar-refractivity contribution in [2.45, 2.75) is 90.5 Å². The molecule has 2 rings (SSSR count). The highest BCUT2D eigenvalue weighted by atomic mass is 16.6. The van der Waals surface area contributed by atoms with Crippen LogP contribution in [0.15, 0.2) is 42.5 Å².